The number of hydrogen-bond acceptors (Lipinski definition) is 0. The molecule has 0 bridgehead atoms. The Balaban J connectivity index is 1.89. The van der Waals surface area contributed by atoms with Crippen molar-refractivity contribution in [1.82, 2.24) is 4.40 Å². The van der Waals surface area contributed by atoms with Crippen molar-refractivity contribution in [2.45, 2.75) is 79.9 Å². The Morgan fingerprint density at radius 1 is 0.816 bits per heavy atom. The van der Waals surface area contributed by atoms with Crippen molar-refractivity contribution in [3.63, 3.8) is 0 Å². The van der Waals surface area contributed by atoms with Gasteiger partial charge in [0.25, 0.3) is 0 Å². The van der Waals surface area contributed by atoms with Crippen LogP contribution < -0.4 is 9.75 Å². The van der Waals surface area contributed by atoms with Crippen molar-refractivity contribution >= 4 is 62.3 Å². The number of rotatable bonds is 5. The van der Waals surface area contributed by atoms with Crippen molar-refractivity contribution in [1.29, 1.82) is 0 Å². The molecule has 6 aromatic rings. The highest BCUT2D eigenvalue weighted by atomic mass is 28.3. The molecule has 0 saturated carbocycles. The van der Waals surface area contributed by atoms with Crippen LogP contribution in [0.15, 0.2) is 48.7 Å². The summed E-state index contributed by atoms with van der Waals surface area (Å²) in [5.41, 5.74) is 9.95. The van der Waals surface area contributed by atoms with Gasteiger partial charge in [0.05, 0.1) is 35.4 Å². The van der Waals surface area contributed by atoms with Gasteiger partial charge in [-0.25, -0.2) is 4.57 Å². The monoisotopic (exact) mass is 519 g/mol. The molecule has 0 amide bonds. The van der Waals surface area contributed by atoms with Gasteiger partial charge in [0, 0.05) is 16.8 Å². The van der Waals surface area contributed by atoms with Crippen LogP contribution in [0.3, 0.4) is 0 Å². The molecule has 38 heavy (non-hydrogen) atoms. The van der Waals surface area contributed by atoms with Gasteiger partial charge in [-0.05, 0) is 72.0 Å². The molecule has 2 nitrogen and oxygen atoms in total. The molecule has 3 heterocycles. The second-order valence-electron chi connectivity index (χ2n) is 13.1. The Hall–Kier alpha value is -2.91. The molecule has 0 atom stereocenters. The fraction of sp³-hybridized carbons (Fsp3) is 0.400. The summed E-state index contributed by atoms with van der Waals surface area (Å²) in [5.74, 6) is 0. The molecule has 0 unspecified atom stereocenters. The minimum atomic E-state index is -1.56. The van der Waals surface area contributed by atoms with Gasteiger partial charge in [0.15, 0.2) is 6.20 Å². The van der Waals surface area contributed by atoms with Gasteiger partial charge in [0.2, 0.25) is 5.52 Å². The predicted molar refractivity (Wildman–Crippen MR) is 169 cm³/mol. The molecule has 0 fully saturated rings. The third-order valence-corrected chi connectivity index (χ3v) is 15.3. The molecule has 0 aliphatic heterocycles. The first kappa shape index (κ1) is 25.4. The van der Waals surface area contributed by atoms with Gasteiger partial charge in [-0.2, -0.15) is 0 Å². The normalized spacial score (nSPS) is 13.3. The maximum Gasteiger partial charge on any atom is 0.224 e. The summed E-state index contributed by atoms with van der Waals surface area (Å²) in [7, 11) is 0.662. The van der Waals surface area contributed by atoms with Gasteiger partial charge in [-0.3, -0.25) is 0 Å². The average molecular weight is 520 g/mol. The second-order valence-corrected chi connectivity index (χ2v) is 18.3. The van der Waals surface area contributed by atoms with Crippen LogP contribution in [0.2, 0.25) is 18.1 Å². The molecule has 0 saturated heterocycles. The Morgan fingerprint density at radius 2 is 1.53 bits per heavy atom. The van der Waals surface area contributed by atoms with E-state index < -0.39 is 8.07 Å². The molecule has 3 aromatic carbocycles. The summed E-state index contributed by atoms with van der Waals surface area (Å²) in [5, 5.41) is 8.62. The Labute approximate surface area is 228 Å². The zero-order chi connectivity index (χ0) is 27.1. The van der Waals surface area contributed by atoms with Crippen molar-refractivity contribution < 1.29 is 4.57 Å². The van der Waals surface area contributed by atoms with Crippen LogP contribution in [0.4, 0.5) is 0 Å². The Kier molecular flexibility index (Phi) is 5.70. The largest absolute Gasteiger partial charge is 0.307 e. The SMILES string of the molecule is CC[Si](CC)(CC)c1cc2cc[n+](C)c3c4c(C)c(C)cc5c6cc(CC(C)(C)C)ccc6n(c(c1)c23)c54. The Morgan fingerprint density at radius 3 is 2.18 bits per heavy atom. The molecule has 0 N–H and O–H groups in total. The predicted octanol–water partition coefficient (Wildman–Crippen LogP) is 8.74. The van der Waals surface area contributed by atoms with Gasteiger partial charge in [-0.1, -0.05) is 77.0 Å². The standard InChI is InChI=1S/C35H43N2Si/c1-10-38(11-2,12-3)26-19-25-15-16-36(9)34-31-23(5)22(4)17-28-27-18-24(21-35(6,7)8)13-14-29(27)37(33(28)31)30(20-26)32(25)34/h13-20H,10-12,21H2,1-9H3/q+1. The van der Waals surface area contributed by atoms with Crippen LogP contribution >= 0.6 is 0 Å². The lowest BCUT2D eigenvalue weighted by Crippen LogP contribution is -2.45. The van der Waals surface area contributed by atoms with Gasteiger partial charge in [-0.15, -0.1) is 0 Å². The number of aromatic nitrogens is 2. The van der Waals surface area contributed by atoms with E-state index in [2.05, 4.69) is 120 Å². The summed E-state index contributed by atoms with van der Waals surface area (Å²) >= 11 is 0. The molecule has 0 spiro atoms. The first-order valence-corrected chi connectivity index (χ1v) is 17.2. The molecule has 0 radical (unpaired) electrons. The summed E-state index contributed by atoms with van der Waals surface area (Å²) in [6.07, 6.45) is 3.37. The van der Waals surface area contributed by atoms with Crippen LogP contribution in [-0.2, 0) is 13.5 Å². The van der Waals surface area contributed by atoms with Crippen LogP contribution in [0.25, 0.3) is 49.0 Å². The van der Waals surface area contributed by atoms with E-state index in [9.17, 15) is 0 Å². The van der Waals surface area contributed by atoms with Crippen molar-refractivity contribution in [3.8, 4) is 0 Å². The number of fused-ring (bicyclic) bond motifs is 5. The van der Waals surface area contributed by atoms with E-state index in [1.807, 2.05) is 0 Å². The fourth-order valence-corrected chi connectivity index (χ4v) is 11.0. The average Bonchev–Trinajstić information content (AvgIpc) is 3.19. The molecule has 0 aliphatic rings. The third kappa shape index (κ3) is 3.47. The third-order valence-electron chi connectivity index (χ3n) is 9.71. The van der Waals surface area contributed by atoms with Gasteiger partial charge < -0.3 is 4.40 Å². The van der Waals surface area contributed by atoms with Gasteiger partial charge in [0.1, 0.15) is 7.05 Å². The number of aryl methyl sites for hydroxylation is 3. The van der Waals surface area contributed by atoms with Crippen molar-refractivity contribution in [2.24, 2.45) is 12.5 Å². The molecule has 3 heteroatoms. The van der Waals surface area contributed by atoms with Crippen molar-refractivity contribution in [3.05, 3.63) is 65.4 Å². The highest BCUT2D eigenvalue weighted by Crippen LogP contribution is 2.42. The summed E-state index contributed by atoms with van der Waals surface area (Å²) in [6.45, 7) is 18.9. The fourth-order valence-electron chi connectivity index (χ4n) is 7.34. The van der Waals surface area contributed by atoms with E-state index in [1.54, 1.807) is 5.19 Å². The minimum Gasteiger partial charge on any atom is -0.307 e. The van der Waals surface area contributed by atoms with Gasteiger partial charge >= 0.3 is 0 Å². The number of pyridine rings is 2. The Bertz CT molecular complexity index is 1850. The lowest BCUT2D eigenvalue weighted by atomic mass is 9.87. The molecule has 196 valence electrons. The maximum absolute atomic E-state index is 2.63. The topological polar surface area (TPSA) is 8.29 Å². The summed E-state index contributed by atoms with van der Waals surface area (Å²) in [6, 6.07) is 21.1. The van der Waals surface area contributed by atoms with Crippen LogP contribution in [0.1, 0.15) is 58.2 Å². The quantitative estimate of drug-likeness (QED) is 0.0931. The summed E-state index contributed by atoms with van der Waals surface area (Å²) in [4.78, 5) is 0. The molecular formula is C35H43N2Si+. The van der Waals surface area contributed by atoms with E-state index >= 15 is 0 Å². The number of hydrogen-bond donors (Lipinski definition) is 0. The van der Waals surface area contributed by atoms with Crippen LogP contribution in [0.5, 0.6) is 0 Å². The minimum absolute atomic E-state index is 0.260. The lowest BCUT2D eigenvalue weighted by Gasteiger charge is -2.29. The van der Waals surface area contributed by atoms with Crippen molar-refractivity contribution in [2.75, 3.05) is 0 Å². The van der Waals surface area contributed by atoms with E-state index in [0.29, 0.717) is 0 Å². The highest BCUT2D eigenvalue weighted by molar-refractivity contribution is 6.92. The summed E-state index contributed by atoms with van der Waals surface area (Å²) < 4.78 is 5.00. The zero-order valence-electron chi connectivity index (χ0n) is 24.8. The van der Waals surface area contributed by atoms with Crippen LogP contribution in [0, 0.1) is 19.3 Å². The molecule has 6 rings (SSSR count). The molecule has 0 aliphatic carbocycles. The second kappa shape index (κ2) is 8.54. The van der Waals surface area contributed by atoms with E-state index in [0.717, 1.165) is 6.42 Å². The highest BCUT2D eigenvalue weighted by Gasteiger charge is 2.32. The number of benzene rings is 3. The first-order chi connectivity index (χ1) is 18.0. The zero-order valence-corrected chi connectivity index (χ0v) is 25.8. The van der Waals surface area contributed by atoms with E-state index in [4.69, 9.17) is 0 Å². The smallest absolute Gasteiger partial charge is 0.224 e. The van der Waals surface area contributed by atoms with E-state index in [-0.39, 0.29) is 5.41 Å². The maximum atomic E-state index is 2.63. The number of nitrogens with zero attached hydrogens (tertiary/aromatic N) is 2. The molecule has 3 aromatic heterocycles. The lowest BCUT2D eigenvalue weighted by molar-refractivity contribution is -0.643. The van der Waals surface area contributed by atoms with Crippen LogP contribution in [-0.4, -0.2) is 12.5 Å². The van der Waals surface area contributed by atoms with E-state index in [1.165, 1.54) is 83.8 Å². The molecular weight excluding hydrogens is 476 g/mol. The first-order valence-electron chi connectivity index (χ1n) is 14.6.